The smallest absolute Gasteiger partial charge is 0.342 e. The molecule has 0 saturated carbocycles. The van der Waals surface area contributed by atoms with E-state index in [0.717, 1.165) is 5.39 Å². The molecule has 1 aromatic heterocycles. The lowest BCUT2D eigenvalue weighted by Crippen LogP contribution is -2.29. The van der Waals surface area contributed by atoms with Crippen molar-refractivity contribution in [2.45, 2.75) is 63.9 Å². The first-order valence-electron chi connectivity index (χ1n) is 14.2. The number of fused-ring (bicyclic) bond motifs is 3. The largest absolute Gasteiger partial charge is 0.497 e. The number of hydrogen-bond acceptors (Lipinski definition) is 8. The maximum atomic E-state index is 13.7. The van der Waals surface area contributed by atoms with Crippen molar-refractivity contribution < 1.29 is 33.3 Å². The number of Topliss-reactive ketones (excluding diaryl/α,β-unsaturated/α-hetero) is 1. The Kier molecular flexibility index (Phi) is 8.47. The first-order valence-corrected chi connectivity index (χ1v) is 14.2. The molecule has 2 aliphatic heterocycles. The van der Waals surface area contributed by atoms with Gasteiger partial charge in [0.2, 0.25) is 0 Å². The molecule has 42 heavy (non-hydrogen) atoms. The van der Waals surface area contributed by atoms with Crippen LogP contribution >= 0.6 is 0 Å². The van der Waals surface area contributed by atoms with Gasteiger partial charge in [-0.2, -0.15) is 0 Å². The van der Waals surface area contributed by atoms with Crippen molar-refractivity contribution in [2.75, 3.05) is 14.2 Å². The van der Waals surface area contributed by atoms with Crippen molar-refractivity contribution in [3.63, 3.8) is 0 Å². The quantitative estimate of drug-likeness (QED) is 0.299. The minimum atomic E-state index is -0.722. The van der Waals surface area contributed by atoms with Crippen LogP contribution in [0.3, 0.4) is 0 Å². The number of aryl methyl sites for hydroxylation is 1. The van der Waals surface area contributed by atoms with Crippen LogP contribution in [0, 0.1) is 0 Å². The lowest BCUT2D eigenvalue weighted by Gasteiger charge is -2.29. The summed E-state index contributed by atoms with van der Waals surface area (Å²) in [7, 11) is 4.69. The predicted octanol–water partition coefficient (Wildman–Crippen LogP) is 5.48. The molecule has 9 heteroatoms. The molecular weight excluding hydrogens is 538 g/mol. The van der Waals surface area contributed by atoms with Crippen LogP contribution in [0.25, 0.3) is 17.0 Å². The maximum absolute atomic E-state index is 13.7. The third-order valence-corrected chi connectivity index (χ3v) is 8.00. The molecule has 0 bridgehead atoms. The number of methoxy groups -OCH3 is 2. The Morgan fingerprint density at radius 2 is 1.76 bits per heavy atom. The zero-order chi connectivity index (χ0) is 30.0. The normalized spacial score (nSPS) is 19.8. The molecule has 3 heterocycles. The van der Waals surface area contributed by atoms with E-state index < -0.39 is 24.0 Å². The van der Waals surface area contributed by atoms with E-state index in [2.05, 4.69) is 0 Å². The number of ether oxygens (including phenoxy) is 4. The lowest BCUT2D eigenvalue weighted by molar-refractivity contribution is -0.135. The van der Waals surface area contributed by atoms with Gasteiger partial charge in [-0.25, -0.2) is 4.79 Å². The van der Waals surface area contributed by atoms with Crippen LogP contribution in [0.4, 0.5) is 0 Å². The predicted molar refractivity (Wildman–Crippen MR) is 157 cm³/mol. The zero-order valence-electron chi connectivity index (χ0n) is 24.4. The van der Waals surface area contributed by atoms with Crippen LogP contribution in [0.15, 0.2) is 41.2 Å². The molecule has 2 atom stereocenters. The van der Waals surface area contributed by atoms with Gasteiger partial charge in [-0.05, 0) is 67.8 Å². The summed E-state index contributed by atoms with van der Waals surface area (Å²) in [6.45, 7) is 1.80. The second-order valence-corrected chi connectivity index (χ2v) is 10.8. The minimum Gasteiger partial charge on any atom is -0.497 e. The van der Waals surface area contributed by atoms with Gasteiger partial charge >= 0.3 is 11.9 Å². The number of hydrogen-bond donors (Lipinski definition) is 0. The van der Waals surface area contributed by atoms with Crippen molar-refractivity contribution in [1.29, 1.82) is 0 Å². The molecule has 5 rings (SSSR count). The molecule has 2 aliphatic rings. The van der Waals surface area contributed by atoms with Gasteiger partial charge in [0.05, 0.1) is 32.3 Å². The Morgan fingerprint density at radius 3 is 2.52 bits per heavy atom. The van der Waals surface area contributed by atoms with Gasteiger partial charge in [0.1, 0.15) is 28.6 Å². The topological polar surface area (TPSA) is 110 Å². The number of allylic oxidation sites excluding steroid dienone is 1. The van der Waals surface area contributed by atoms with Crippen LogP contribution in [0.5, 0.6) is 17.2 Å². The van der Waals surface area contributed by atoms with E-state index in [1.54, 1.807) is 45.4 Å². The highest BCUT2D eigenvalue weighted by molar-refractivity contribution is 5.99. The molecule has 220 valence electrons. The molecule has 0 fully saturated rings. The number of carbonyl (C=O) groups is 3. The number of cyclic esters (lactones) is 1. The van der Waals surface area contributed by atoms with E-state index in [1.807, 2.05) is 18.2 Å². The van der Waals surface area contributed by atoms with E-state index >= 15 is 0 Å². The average Bonchev–Trinajstić information content (AvgIpc) is 2.96. The highest BCUT2D eigenvalue weighted by Gasteiger charge is 2.37. The van der Waals surface area contributed by atoms with Crippen molar-refractivity contribution in [2.24, 2.45) is 7.05 Å². The fourth-order valence-electron chi connectivity index (χ4n) is 5.82. The summed E-state index contributed by atoms with van der Waals surface area (Å²) in [4.78, 5) is 52.5. The Bertz CT molecular complexity index is 1650. The third kappa shape index (κ3) is 5.68. The first kappa shape index (κ1) is 29.1. The molecule has 0 saturated heterocycles. The molecule has 0 aliphatic carbocycles. The van der Waals surface area contributed by atoms with Crippen molar-refractivity contribution >= 4 is 34.7 Å². The lowest BCUT2D eigenvalue weighted by atomic mass is 9.83. The van der Waals surface area contributed by atoms with Gasteiger partial charge < -0.3 is 23.5 Å². The molecule has 0 unspecified atom stereocenters. The summed E-state index contributed by atoms with van der Waals surface area (Å²) in [5.74, 6) is -0.544. The SMILES string of the molecule is COc1ccc2cc([C@H]3CC(=O)Oc4cc5c(c(OC)c43)C(=O)O[C@@H](C)CCCC(=O)CCCC=C5)c(=O)n(C)c2c1. The van der Waals surface area contributed by atoms with Crippen LogP contribution < -0.4 is 19.8 Å². The number of ketones is 1. The van der Waals surface area contributed by atoms with Crippen LogP contribution in [-0.4, -0.2) is 42.6 Å². The van der Waals surface area contributed by atoms with Crippen molar-refractivity contribution in [1.82, 2.24) is 4.57 Å². The summed E-state index contributed by atoms with van der Waals surface area (Å²) in [5, 5.41) is 0.792. The molecule has 2 aromatic carbocycles. The fraction of sp³-hybridized carbons (Fsp3) is 0.394. The van der Waals surface area contributed by atoms with E-state index in [9.17, 15) is 19.2 Å². The van der Waals surface area contributed by atoms with Crippen LogP contribution in [-0.2, 0) is 21.4 Å². The number of pyridine rings is 1. The molecule has 0 N–H and O–H groups in total. The highest BCUT2D eigenvalue weighted by Crippen LogP contribution is 2.47. The third-order valence-electron chi connectivity index (χ3n) is 8.00. The van der Waals surface area contributed by atoms with E-state index in [4.69, 9.17) is 18.9 Å². The number of carbonyl (C=O) groups excluding carboxylic acids is 3. The Balaban J connectivity index is 1.69. The molecular formula is C33H35NO8. The summed E-state index contributed by atoms with van der Waals surface area (Å²) in [5.41, 5.74) is 1.91. The minimum absolute atomic E-state index is 0.103. The second kappa shape index (κ2) is 12.2. The first-order chi connectivity index (χ1) is 20.2. The highest BCUT2D eigenvalue weighted by atomic mass is 16.5. The summed E-state index contributed by atoms with van der Waals surface area (Å²) >= 11 is 0. The van der Waals surface area contributed by atoms with Gasteiger partial charge in [0, 0.05) is 43.0 Å². The fourth-order valence-corrected chi connectivity index (χ4v) is 5.82. The number of benzene rings is 2. The Hall–Kier alpha value is -4.40. The van der Waals surface area contributed by atoms with E-state index in [1.165, 1.54) is 11.7 Å². The van der Waals surface area contributed by atoms with Crippen molar-refractivity contribution in [3.05, 3.63) is 69.0 Å². The van der Waals surface area contributed by atoms with Crippen molar-refractivity contribution in [3.8, 4) is 17.2 Å². The average molecular weight is 574 g/mol. The Labute approximate surface area is 244 Å². The van der Waals surface area contributed by atoms with Gasteiger partial charge in [0.25, 0.3) is 5.56 Å². The van der Waals surface area contributed by atoms with E-state index in [-0.39, 0.29) is 34.8 Å². The standard InChI is InChI=1S/C33H35NO8/c1-19-9-8-12-22(35)11-7-5-6-10-21-16-27-30(31(40-4)29(21)33(38)41-19)24(18-28(36)42-27)25-15-20-13-14-23(39-3)17-26(20)34(2)32(25)37/h6,10,13-17,19,24H,5,7-9,11-12,18H2,1-4H3/t19-,24+/m0/s1. The molecule has 9 nitrogen and oxygen atoms in total. The number of aromatic nitrogens is 1. The molecule has 3 aromatic rings. The second-order valence-electron chi connectivity index (χ2n) is 10.8. The van der Waals surface area contributed by atoms with Gasteiger partial charge in [0.15, 0.2) is 0 Å². The summed E-state index contributed by atoms with van der Waals surface area (Å²) < 4.78 is 24.3. The van der Waals surface area contributed by atoms with Gasteiger partial charge in [-0.3, -0.25) is 14.4 Å². The number of rotatable bonds is 3. The number of nitrogens with zero attached hydrogens (tertiary/aromatic N) is 1. The monoisotopic (exact) mass is 573 g/mol. The van der Waals surface area contributed by atoms with Crippen LogP contribution in [0.2, 0.25) is 0 Å². The van der Waals surface area contributed by atoms with Gasteiger partial charge in [-0.1, -0.05) is 12.2 Å². The molecule has 0 amide bonds. The molecule has 0 spiro atoms. The van der Waals surface area contributed by atoms with Crippen LogP contribution in [0.1, 0.15) is 84.8 Å². The Morgan fingerprint density at radius 1 is 0.976 bits per heavy atom. The summed E-state index contributed by atoms with van der Waals surface area (Å²) in [6.07, 6.45) is 6.58. The summed E-state index contributed by atoms with van der Waals surface area (Å²) in [6, 6.07) is 8.86. The van der Waals surface area contributed by atoms with E-state index in [0.29, 0.717) is 66.5 Å². The number of esters is 2. The molecule has 0 radical (unpaired) electrons. The zero-order valence-corrected chi connectivity index (χ0v) is 24.4. The maximum Gasteiger partial charge on any atom is 0.342 e. The van der Waals surface area contributed by atoms with Gasteiger partial charge in [-0.15, -0.1) is 0 Å².